The summed E-state index contributed by atoms with van der Waals surface area (Å²) in [6.07, 6.45) is 0.973. The minimum atomic E-state index is -0.184. The number of nitrogens with two attached hydrogens (primary N) is 1. The van der Waals surface area contributed by atoms with Crippen molar-refractivity contribution in [2.75, 3.05) is 0 Å². The highest BCUT2D eigenvalue weighted by Gasteiger charge is 2.21. The molecule has 0 saturated heterocycles. The lowest BCUT2D eigenvalue weighted by molar-refractivity contribution is 0.409. The van der Waals surface area contributed by atoms with Crippen molar-refractivity contribution < 1.29 is 0 Å². The molecule has 1 aromatic heterocycles. The summed E-state index contributed by atoms with van der Waals surface area (Å²) in [5.74, 6) is 0.974. The number of aromatic nitrogens is 3. The molecule has 86 valence electrons. The lowest BCUT2D eigenvalue weighted by Crippen LogP contribution is -2.27. The molecule has 15 heavy (non-hydrogen) atoms. The fraction of sp³-hybridized carbons (Fsp3) is 0.800. The summed E-state index contributed by atoms with van der Waals surface area (Å²) in [6.45, 7) is 8.04. The van der Waals surface area contributed by atoms with Gasteiger partial charge in [0.25, 0.3) is 0 Å². The predicted octanol–water partition coefficient (Wildman–Crippen LogP) is 1.20. The summed E-state index contributed by atoms with van der Waals surface area (Å²) < 4.78 is 1.62. The smallest absolute Gasteiger partial charge is 0.321 e. The molecular weight excluding hydrogens is 192 g/mol. The molecule has 0 aliphatic rings. The maximum Gasteiger partial charge on any atom is 0.343 e. The molecule has 0 aliphatic carbocycles. The monoisotopic (exact) mass is 212 g/mol. The van der Waals surface area contributed by atoms with Gasteiger partial charge in [-0.1, -0.05) is 20.3 Å². The van der Waals surface area contributed by atoms with E-state index in [0.29, 0.717) is 11.7 Å². The van der Waals surface area contributed by atoms with Crippen LogP contribution in [0.15, 0.2) is 4.79 Å². The van der Waals surface area contributed by atoms with Crippen molar-refractivity contribution in [3.63, 3.8) is 0 Å². The largest absolute Gasteiger partial charge is 0.343 e. The van der Waals surface area contributed by atoms with Gasteiger partial charge in [0.1, 0.15) is 0 Å². The van der Waals surface area contributed by atoms with E-state index in [0.717, 1.165) is 6.42 Å². The SMILES string of the molecule is CC[C@H](C)[C@H](N)c1n[nH]c(=O)n1C(C)C. The van der Waals surface area contributed by atoms with Crippen LogP contribution in [0.2, 0.25) is 0 Å². The minimum absolute atomic E-state index is 0.0846. The van der Waals surface area contributed by atoms with Crippen molar-refractivity contribution in [1.82, 2.24) is 14.8 Å². The van der Waals surface area contributed by atoms with Gasteiger partial charge in [-0.3, -0.25) is 4.57 Å². The van der Waals surface area contributed by atoms with Crippen molar-refractivity contribution in [1.29, 1.82) is 0 Å². The van der Waals surface area contributed by atoms with E-state index in [1.807, 2.05) is 13.8 Å². The normalized spacial score (nSPS) is 15.6. The number of nitrogens with zero attached hydrogens (tertiary/aromatic N) is 2. The van der Waals surface area contributed by atoms with Gasteiger partial charge in [-0.15, -0.1) is 0 Å². The quantitative estimate of drug-likeness (QED) is 0.787. The molecule has 0 fully saturated rings. The van der Waals surface area contributed by atoms with Crippen molar-refractivity contribution >= 4 is 0 Å². The van der Waals surface area contributed by atoms with Gasteiger partial charge in [-0.2, -0.15) is 5.10 Å². The molecule has 1 heterocycles. The fourth-order valence-corrected chi connectivity index (χ4v) is 1.56. The highest BCUT2D eigenvalue weighted by Crippen LogP contribution is 2.20. The molecule has 0 spiro atoms. The van der Waals surface area contributed by atoms with Crippen LogP contribution in [-0.4, -0.2) is 14.8 Å². The van der Waals surface area contributed by atoms with Gasteiger partial charge in [0.15, 0.2) is 5.82 Å². The topological polar surface area (TPSA) is 76.7 Å². The molecule has 1 rings (SSSR count). The maximum absolute atomic E-state index is 11.5. The zero-order valence-corrected chi connectivity index (χ0v) is 9.82. The summed E-state index contributed by atoms with van der Waals surface area (Å²) >= 11 is 0. The number of rotatable bonds is 4. The van der Waals surface area contributed by atoms with E-state index in [1.165, 1.54) is 0 Å². The van der Waals surface area contributed by atoms with Crippen molar-refractivity contribution in [3.05, 3.63) is 16.3 Å². The molecule has 2 atom stereocenters. The van der Waals surface area contributed by atoms with E-state index >= 15 is 0 Å². The zero-order valence-electron chi connectivity index (χ0n) is 9.82. The van der Waals surface area contributed by atoms with Crippen LogP contribution in [0, 0.1) is 5.92 Å². The van der Waals surface area contributed by atoms with Gasteiger partial charge in [-0.25, -0.2) is 9.89 Å². The van der Waals surface area contributed by atoms with Crippen LogP contribution in [0.4, 0.5) is 0 Å². The first-order valence-corrected chi connectivity index (χ1v) is 5.41. The van der Waals surface area contributed by atoms with E-state index in [4.69, 9.17) is 5.73 Å². The van der Waals surface area contributed by atoms with Crippen LogP contribution in [0.5, 0.6) is 0 Å². The standard InChI is InChI=1S/C10H20N4O/c1-5-7(4)8(11)9-12-13-10(15)14(9)6(2)3/h6-8H,5,11H2,1-4H3,(H,13,15)/t7-,8-/m0/s1. The van der Waals surface area contributed by atoms with Crippen LogP contribution < -0.4 is 11.4 Å². The van der Waals surface area contributed by atoms with Crippen LogP contribution in [-0.2, 0) is 0 Å². The average Bonchev–Trinajstić information content (AvgIpc) is 2.57. The van der Waals surface area contributed by atoms with E-state index < -0.39 is 0 Å². The van der Waals surface area contributed by atoms with E-state index in [2.05, 4.69) is 24.0 Å². The summed E-state index contributed by atoms with van der Waals surface area (Å²) in [4.78, 5) is 11.5. The molecule has 0 aromatic carbocycles. The van der Waals surface area contributed by atoms with Gasteiger partial charge in [0, 0.05) is 6.04 Å². The molecular formula is C10H20N4O. The Morgan fingerprint density at radius 3 is 2.53 bits per heavy atom. The molecule has 3 N–H and O–H groups in total. The Labute approximate surface area is 89.7 Å². The summed E-state index contributed by atoms with van der Waals surface area (Å²) in [6, 6.07) is -0.0993. The number of H-pyrrole nitrogens is 1. The molecule has 0 unspecified atom stereocenters. The molecule has 0 amide bonds. The fourth-order valence-electron chi connectivity index (χ4n) is 1.56. The van der Waals surface area contributed by atoms with Gasteiger partial charge in [-0.05, 0) is 19.8 Å². The van der Waals surface area contributed by atoms with Gasteiger partial charge in [0.2, 0.25) is 0 Å². The Morgan fingerprint density at radius 1 is 1.47 bits per heavy atom. The van der Waals surface area contributed by atoms with Crippen LogP contribution in [0.25, 0.3) is 0 Å². The lowest BCUT2D eigenvalue weighted by atomic mass is 9.99. The highest BCUT2D eigenvalue weighted by molar-refractivity contribution is 4.97. The third kappa shape index (κ3) is 2.28. The average molecular weight is 212 g/mol. The second-order valence-corrected chi connectivity index (χ2v) is 4.26. The Kier molecular flexibility index (Phi) is 3.68. The number of aromatic amines is 1. The van der Waals surface area contributed by atoms with Crippen molar-refractivity contribution in [2.24, 2.45) is 11.7 Å². The van der Waals surface area contributed by atoms with Crippen LogP contribution in [0.1, 0.15) is 52.0 Å². The first kappa shape index (κ1) is 12.0. The Morgan fingerprint density at radius 2 is 2.07 bits per heavy atom. The molecule has 5 nitrogen and oxygen atoms in total. The molecule has 0 aliphatic heterocycles. The number of hydrogen-bond donors (Lipinski definition) is 2. The summed E-state index contributed by atoms with van der Waals surface area (Å²) in [5, 5.41) is 6.46. The molecule has 1 aromatic rings. The van der Waals surface area contributed by atoms with Gasteiger partial charge >= 0.3 is 5.69 Å². The minimum Gasteiger partial charge on any atom is -0.321 e. The highest BCUT2D eigenvalue weighted by atomic mass is 16.1. The second-order valence-electron chi connectivity index (χ2n) is 4.26. The zero-order chi connectivity index (χ0) is 11.6. The van der Waals surface area contributed by atoms with E-state index in [9.17, 15) is 4.79 Å². The maximum atomic E-state index is 11.5. The first-order chi connectivity index (χ1) is 6.99. The third-order valence-electron chi connectivity index (χ3n) is 2.80. The predicted molar refractivity (Wildman–Crippen MR) is 59.6 cm³/mol. The second kappa shape index (κ2) is 4.61. The molecule has 0 radical (unpaired) electrons. The van der Waals surface area contributed by atoms with Crippen molar-refractivity contribution in [2.45, 2.75) is 46.2 Å². The lowest BCUT2D eigenvalue weighted by Gasteiger charge is -2.19. The Balaban J connectivity index is 3.09. The van der Waals surface area contributed by atoms with E-state index in [-0.39, 0.29) is 17.8 Å². The summed E-state index contributed by atoms with van der Waals surface area (Å²) in [7, 11) is 0. The van der Waals surface area contributed by atoms with E-state index in [1.54, 1.807) is 4.57 Å². The van der Waals surface area contributed by atoms with Crippen LogP contribution in [0.3, 0.4) is 0 Å². The van der Waals surface area contributed by atoms with Gasteiger partial charge < -0.3 is 5.73 Å². The first-order valence-electron chi connectivity index (χ1n) is 5.41. The van der Waals surface area contributed by atoms with Gasteiger partial charge in [0.05, 0.1) is 6.04 Å². The molecule has 0 bridgehead atoms. The molecule has 0 saturated carbocycles. The Hall–Kier alpha value is -1.10. The third-order valence-corrected chi connectivity index (χ3v) is 2.80. The summed E-state index contributed by atoms with van der Waals surface area (Å²) in [5.41, 5.74) is 5.88. The Bertz CT molecular complexity index is 366. The number of hydrogen-bond acceptors (Lipinski definition) is 3. The van der Waals surface area contributed by atoms with Crippen LogP contribution >= 0.6 is 0 Å². The number of nitrogens with one attached hydrogen (secondary N) is 1. The molecule has 5 heteroatoms. The van der Waals surface area contributed by atoms with Crippen molar-refractivity contribution in [3.8, 4) is 0 Å².